The lowest BCUT2D eigenvalue weighted by molar-refractivity contribution is -0.148. The summed E-state index contributed by atoms with van der Waals surface area (Å²) in [7, 11) is 0. The topological polar surface area (TPSA) is 64.6 Å². The number of nitrogens with one attached hydrogen (secondary N) is 1. The molecule has 1 amide bonds. The van der Waals surface area contributed by atoms with Gasteiger partial charge >= 0.3 is 12.1 Å². The van der Waals surface area contributed by atoms with E-state index in [4.69, 9.17) is 9.47 Å². The van der Waals surface area contributed by atoms with Crippen molar-refractivity contribution in [1.29, 1.82) is 0 Å². The summed E-state index contributed by atoms with van der Waals surface area (Å²) >= 11 is 0. The maximum absolute atomic E-state index is 12.8. The third-order valence-corrected chi connectivity index (χ3v) is 2.95. The molecule has 0 aromatic heterocycles. The number of hydrogen-bond donors (Lipinski definition) is 1. The fourth-order valence-corrected chi connectivity index (χ4v) is 1.67. The van der Waals surface area contributed by atoms with E-state index in [0.717, 1.165) is 12.5 Å². The molecule has 1 aromatic carbocycles. The van der Waals surface area contributed by atoms with Gasteiger partial charge in [-0.2, -0.15) is 0 Å². The standard InChI is InChI=1S/C15H19F2NO4/c1-3-21-14(19)12(10(2)13(16)17)18-15(20)22-9-11-7-5-4-6-8-11/h4-8,10,12-13H,3,9H2,1-2H3,(H,18,20). The number of carbonyl (C=O) groups is 2. The Morgan fingerprint density at radius 1 is 1.18 bits per heavy atom. The number of hydrogen-bond acceptors (Lipinski definition) is 4. The lowest BCUT2D eigenvalue weighted by Crippen LogP contribution is -2.48. The highest BCUT2D eigenvalue weighted by molar-refractivity contribution is 5.81. The molecular formula is C15H19F2NO4. The van der Waals surface area contributed by atoms with Gasteiger partial charge in [-0.3, -0.25) is 0 Å². The third-order valence-electron chi connectivity index (χ3n) is 2.95. The fourth-order valence-electron chi connectivity index (χ4n) is 1.67. The molecule has 0 aliphatic heterocycles. The number of alkyl carbamates (subject to hydrolysis) is 1. The number of ether oxygens (including phenoxy) is 2. The quantitative estimate of drug-likeness (QED) is 0.786. The van der Waals surface area contributed by atoms with Crippen molar-refractivity contribution in [2.24, 2.45) is 5.92 Å². The highest BCUT2D eigenvalue weighted by Crippen LogP contribution is 2.15. The average molecular weight is 315 g/mol. The van der Waals surface area contributed by atoms with Crippen molar-refractivity contribution in [2.75, 3.05) is 6.61 Å². The Balaban J connectivity index is 2.60. The minimum absolute atomic E-state index is 0.0225. The molecule has 1 rings (SSSR count). The number of amides is 1. The van der Waals surface area contributed by atoms with Gasteiger partial charge in [-0.15, -0.1) is 0 Å². The van der Waals surface area contributed by atoms with Gasteiger partial charge in [0.15, 0.2) is 0 Å². The molecule has 0 heterocycles. The van der Waals surface area contributed by atoms with Gasteiger partial charge in [-0.1, -0.05) is 37.3 Å². The molecule has 0 aliphatic carbocycles. The van der Waals surface area contributed by atoms with Crippen molar-refractivity contribution in [1.82, 2.24) is 5.32 Å². The first kappa shape index (κ1) is 17.9. The Kier molecular flexibility index (Phi) is 7.28. The predicted molar refractivity (Wildman–Crippen MR) is 75.4 cm³/mol. The van der Waals surface area contributed by atoms with E-state index in [1.165, 1.54) is 0 Å². The molecule has 22 heavy (non-hydrogen) atoms. The molecule has 0 spiro atoms. The van der Waals surface area contributed by atoms with Crippen LogP contribution >= 0.6 is 0 Å². The molecule has 0 radical (unpaired) electrons. The first-order chi connectivity index (χ1) is 10.5. The molecule has 0 saturated carbocycles. The Morgan fingerprint density at radius 3 is 2.36 bits per heavy atom. The maximum Gasteiger partial charge on any atom is 0.408 e. The van der Waals surface area contributed by atoms with E-state index in [9.17, 15) is 18.4 Å². The average Bonchev–Trinajstić information content (AvgIpc) is 2.51. The van der Waals surface area contributed by atoms with Crippen LogP contribution in [0.25, 0.3) is 0 Å². The normalized spacial score (nSPS) is 13.3. The predicted octanol–water partition coefficient (Wildman–Crippen LogP) is 2.75. The second kappa shape index (κ2) is 8.96. The second-order valence-electron chi connectivity index (χ2n) is 4.63. The zero-order valence-electron chi connectivity index (χ0n) is 12.4. The monoisotopic (exact) mass is 315 g/mol. The van der Waals surface area contributed by atoms with Crippen LogP contribution in [-0.4, -0.2) is 31.1 Å². The Hall–Kier alpha value is -2.18. The molecule has 1 aromatic rings. The molecule has 2 unspecified atom stereocenters. The molecule has 0 aliphatic rings. The molecule has 7 heteroatoms. The van der Waals surface area contributed by atoms with Crippen molar-refractivity contribution < 1.29 is 27.8 Å². The molecule has 0 saturated heterocycles. The van der Waals surface area contributed by atoms with Gasteiger partial charge < -0.3 is 14.8 Å². The molecule has 5 nitrogen and oxygen atoms in total. The van der Waals surface area contributed by atoms with Gasteiger partial charge in [-0.25, -0.2) is 18.4 Å². The van der Waals surface area contributed by atoms with Crippen LogP contribution in [0.5, 0.6) is 0 Å². The minimum atomic E-state index is -2.77. The lowest BCUT2D eigenvalue weighted by atomic mass is 10.0. The van der Waals surface area contributed by atoms with Crippen LogP contribution in [0.3, 0.4) is 0 Å². The number of halogens is 2. The fraction of sp³-hybridized carbons (Fsp3) is 0.467. The van der Waals surface area contributed by atoms with Gasteiger partial charge in [0.05, 0.1) is 6.61 Å². The smallest absolute Gasteiger partial charge is 0.408 e. The van der Waals surface area contributed by atoms with E-state index in [-0.39, 0.29) is 13.2 Å². The molecule has 122 valence electrons. The van der Waals surface area contributed by atoms with E-state index in [1.807, 2.05) is 6.07 Å². The molecule has 1 N–H and O–H groups in total. The molecular weight excluding hydrogens is 296 g/mol. The molecule has 0 bridgehead atoms. The maximum atomic E-state index is 12.8. The summed E-state index contributed by atoms with van der Waals surface area (Å²) in [6, 6.07) is 7.40. The third kappa shape index (κ3) is 5.67. The van der Waals surface area contributed by atoms with Crippen LogP contribution in [0.4, 0.5) is 13.6 Å². The number of alkyl halides is 2. The SMILES string of the molecule is CCOC(=O)C(NC(=O)OCc1ccccc1)C(C)C(F)F. The van der Waals surface area contributed by atoms with Crippen molar-refractivity contribution in [3.63, 3.8) is 0 Å². The van der Waals surface area contributed by atoms with E-state index < -0.39 is 30.4 Å². The molecule has 2 atom stereocenters. The molecule has 0 fully saturated rings. The van der Waals surface area contributed by atoms with E-state index >= 15 is 0 Å². The zero-order chi connectivity index (χ0) is 16.5. The van der Waals surface area contributed by atoms with Gasteiger partial charge in [0.2, 0.25) is 6.43 Å². The lowest BCUT2D eigenvalue weighted by Gasteiger charge is -2.22. The Morgan fingerprint density at radius 2 is 1.82 bits per heavy atom. The van der Waals surface area contributed by atoms with E-state index in [2.05, 4.69) is 5.32 Å². The van der Waals surface area contributed by atoms with Gasteiger partial charge in [-0.05, 0) is 12.5 Å². The Labute approximate surface area is 127 Å². The first-order valence-electron chi connectivity index (χ1n) is 6.87. The summed E-state index contributed by atoms with van der Waals surface area (Å²) in [5.41, 5.74) is 0.743. The minimum Gasteiger partial charge on any atom is -0.464 e. The van der Waals surface area contributed by atoms with Crippen LogP contribution < -0.4 is 5.32 Å². The highest BCUT2D eigenvalue weighted by Gasteiger charge is 2.34. The van der Waals surface area contributed by atoms with Gasteiger partial charge in [0.25, 0.3) is 0 Å². The summed E-state index contributed by atoms with van der Waals surface area (Å²) < 4.78 is 35.2. The van der Waals surface area contributed by atoms with Crippen LogP contribution in [0, 0.1) is 5.92 Å². The summed E-state index contributed by atoms with van der Waals surface area (Å²) in [5.74, 6) is -2.30. The van der Waals surface area contributed by atoms with Crippen LogP contribution in [0.1, 0.15) is 19.4 Å². The van der Waals surface area contributed by atoms with Crippen LogP contribution in [0.15, 0.2) is 30.3 Å². The summed E-state index contributed by atoms with van der Waals surface area (Å²) in [5, 5.41) is 2.14. The number of carbonyl (C=O) groups excluding carboxylic acids is 2. The summed E-state index contributed by atoms with van der Waals surface area (Å²) in [6.45, 7) is 2.72. The van der Waals surface area contributed by atoms with Crippen molar-refractivity contribution in [2.45, 2.75) is 32.9 Å². The summed E-state index contributed by atoms with van der Waals surface area (Å²) in [6.07, 6.45) is -3.72. The van der Waals surface area contributed by atoms with Gasteiger partial charge in [0.1, 0.15) is 12.6 Å². The first-order valence-corrected chi connectivity index (χ1v) is 6.87. The van der Waals surface area contributed by atoms with E-state index in [1.54, 1.807) is 31.2 Å². The number of rotatable bonds is 7. The summed E-state index contributed by atoms with van der Waals surface area (Å²) in [4.78, 5) is 23.3. The number of benzene rings is 1. The van der Waals surface area contributed by atoms with Crippen molar-refractivity contribution in [3.8, 4) is 0 Å². The van der Waals surface area contributed by atoms with Crippen LogP contribution in [-0.2, 0) is 20.9 Å². The van der Waals surface area contributed by atoms with Crippen molar-refractivity contribution >= 4 is 12.1 Å². The van der Waals surface area contributed by atoms with Crippen LogP contribution in [0.2, 0.25) is 0 Å². The largest absolute Gasteiger partial charge is 0.464 e. The Bertz CT molecular complexity index is 482. The zero-order valence-corrected chi connectivity index (χ0v) is 12.4. The number of esters is 1. The van der Waals surface area contributed by atoms with Crippen molar-refractivity contribution in [3.05, 3.63) is 35.9 Å². The van der Waals surface area contributed by atoms with E-state index in [0.29, 0.717) is 0 Å². The van der Waals surface area contributed by atoms with Gasteiger partial charge in [0, 0.05) is 5.92 Å². The highest BCUT2D eigenvalue weighted by atomic mass is 19.3. The second-order valence-corrected chi connectivity index (χ2v) is 4.63.